The molecule has 3 rings (SSSR count). The van der Waals surface area contributed by atoms with Crippen LogP contribution in [-0.4, -0.2) is 6.79 Å². The summed E-state index contributed by atoms with van der Waals surface area (Å²) < 4.78 is 10.6. The van der Waals surface area contributed by atoms with Gasteiger partial charge in [0, 0.05) is 5.02 Å². The van der Waals surface area contributed by atoms with Gasteiger partial charge in [0.05, 0.1) is 11.6 Å². The summed E-state index contributed by atoms with van der Waals surface area (Å²) in [7, 11) is 0. The second-order valence-corrected chi connectivity index (χ2v) is 4.73. The van der Waals surface area contributed by atoms with Crippen molar-refractivity contribution in [3.63, 3.8) is 0 Å². The van der Waals surface area contributed by atoms with Crippen molar-refractivity contribution in [2.75, 3.05) is 6.79 Å². The largest absolute Gasteiger partial charge is 0.454 e. The van der Waals surface area contributed by atoms with Crippen molar-refractivity contribution in [3.05, 3.63) is 58.6 Å². The van der Waals surface area contributed by atoms with Crippen LogP contribution < -0.4 is 9.47 Å². The van der Waals surface area contributed by atoms with Crippen LogP contribution in [0.15, 0.2) is 42.5 Å². The van der Waals surface area contributed by atoms with Gasteiger partial charge in [-0.25, -0.2) is 0 Å². The zero-order chi connectivity index (χ0) is 13.9. The van der Waals surface area contributed by atoms with Crippen LogP contribution in [-0.2, 0) is 0 Å². The minimum Gasteiger partial charge on any atom is -0.454 e. The molecular weight excluding hydrogens is 274 g/mol. The number of nitrogens with zero attached hydrogens (tertiary/aromatic N) is 1. The molecule has 0 N–H and O–H groups in total. The molecule has 0 amide bonds. The Hall–Kier alpha value is -2.44. The number of rotatable bonds is 2. The highest BCUT2D eigenvalue weighted by Crippen LogP contribution is 2.33. The molecule has 0 saturated heterocycles. The quantitative estimate of drug-likeness (QED) is 0.615. The third kappa shape index (κ3) is 2.47. The normalized spacial score (nSPS) is 13.1. The lowest BCUT2D eigenvalue weighted by molar-refractivity contribution is 0.174. The van der Waals surface area contributed by atoms with Crippen LogP contribution in [0.3, 0.4) is 0 Å². The first-order valence-corrected chi connectivity index (χ1v) is 6.41. The summed E-state index contributed by atoms with van der Waals surface area (Å²) in [6.45, 7) is 0.238. The Morgan fingerprint density at radius 3 is 2.80 bits per heavy atom. The fraction of sp³-hybridized carbons (Fsp3) is 0.0625. The lowest BCUT2D eigenvalue weighted by Gasteiger charge is -2.02. The van der Waals surface area contributed by atoms with Gasteiger partial charge in [0.2, 0.25) is 6.79 Å². The summed E-state index contributed by atoms with van der Waals surface area (Å²) >= 11 is 5.95. The Morgan fingerprint density at radius 1 is 1.15 bits per heavy atom. The molecule has 0 aromatic heterocycles. The first kappa shape index (κ1) is 12.6. The summed E-state index contributed by atoms with van der Waals surface area (Å²) in [5.41, 5.74) is 2.22. The number of nitriles is 1. The van der Waals surface area contributed by atoms with Crippen molar-refractivity contribution in [2.45, 2.75) is 0 Å². The third-order valence-electron chi connectivity index (χ3n) is 2.96. The molecule has 1 aliphatic heterocycles. The first-order chi connectivity index (χ1) is 9.76. The van der Waals surface area contributed by atoms with E-state index in [0.29, 0.717) is 16.3 Å². The van der Waals surface area contributed by atoms with E-state index in [1.807, 2.05) is 30.3 Å². The van der Waals surface area contributed by atoms with Crippen LogP contribution in [0.1, 0.15) is 11.1 Å². The number of halogens is 1. The second-order valence-electron chi connectivity index (χ2n) is 4.29. The van der Waals surface area contributed by atoms with E-state index >= 15 is 0 Å². The summed E-state index contributed by atoms with van der Waals surface area (Å²) in [6, 6.07) is 15.0. The monoisotopic (exact) mass is 283 g/mol. The minimum atomic E-state index is 0.238. The molecule has 1 heterocycles. The van der Waals surface area contributed by atoms with Gasteiger partial charge in [0.25, 0.3) is 0 Å². The smallest absolute Gasteiger partial charge is 0.231 e. The maximum atomic E-state index is 9.31. The molecule has 0 bridgehead atoms. The van der Waals surface area contributed by atoms with E-state index in [1.54, 1.807) is 18.2 Å². The lowest BCUT2D eigenvalue weighted by atomic mass is 10.0. The highest BCUT2D eigenvalue weighted by molar-refractivity contribution is 6.30. The van der Waals surface area contributed by atoms with Crippen molar-refractivity contribution in [3.8, 4) is 17.6 Å². The molecule has 0 atom stereocenters. The van der Waals surface area contributed by atoms with Crippen LogP contribution in [0, 0.1) is 11.3 Å². The Balaban J connectivity index is 1.99. The zero-order valence-corrected chi connectivity index (χ0v) is 11.2. The summed E-state index contributed by atoms with van der Waals surface area (Å²) in [5, 5.41) is 9.91. The van der Waals surface area contributed by atoms with Crippen molar-refractivity contribution in [1.29, 1.82) is 5.26 Å². The van der Waals surface area contributed by atoms with E-state index in [9.17, 15) is 5.26 Å². The van der Waals surface area contributed by atoms with Gasteiger partial charge in [-0.05, 0) is 41.5 Å². The summed E-state index contributed by atoms with van der Waals surface area (Å²) in [5.74, 6) is 1.42. The second kappa shape index (κ2) is 5.28. The fourth-order valence-electron chi connectivity index (χ4n) is 2.01. The van der Waals surface area contributed by atoms with Crippen LogP contribution in [0.2, 0.25) is 5.02 Å². The molecule has 0 spiro atoms. The summed E-state index contributed by atoms with van der Waals surface area (Å²) in [6.07, 6.45) is 1.80. The van der Waals surface area contributed by atoms with Crippen LogP contribution in [0.5, 0.6) is 11.5 Å². The van der Waals surface area contributed by atoms with E-state index in [2.05, 4.69) is 6.07 Å². The molecule has 98 valence electrons. The van der Waals surface area contributed by atoms with E-state index in [1.165, 1.54) is 0 Å². The Morgan fingerprint density at radius 2 is 2.00 bits per heavy atom. The molecule has 0 saturated carbocycles. The average molecular weight is 284 g/mol. The number of ether oxygens (including phenoxy) is 2. The van der Waals surface area contributed by atoms with Crippen molar-refractivity contribution in [1.82, 2.24) is 0 Å². The van der Waals surface area contributed by atoms with Crippen LogP contribution in [0.25, 0.3) is 11.6 Å². The minimum absolute atomic E-state index is 0.238. The molecule has 1 aliphatic rings. The fourth-order valence-corrected chi connectivity index (χ4v) is 2.20. The maximum absolute atomic E-state index is 9.31. The van der Waals surface area contributed by atoms with Crippen molar-refractivity contribution >= 4 is 23.3 Å². The molecule has 0 fully saturated rings. The number of hydrogen-bond acceptors (Lipinski definition) is 3. The molecule has 4 heteroatoms. The SMILES string of the molecule is N#CC(=Cc1ccc2c(c1)OCO2)c1cccc(Cl)c1. The molecule has 0 aliphatic carbocycles. The molecule has 20 heavy (non-hydrogen) atoms. The standard InChI is InChI=1S/C16H10ClNO2/c17-14-3-1-2-12(8-14)13(9-18)6-11-4-5-15-16(7-11)20-10-19-15/h1-8H,10H2. The molecule has 2 aromatic carbocycles. The Bertz CT molecular complexity index is 731. The highest BCUT2D eigenvalue weighted by Gasteiger charge is 2.13. The van der Waals surface area contributed by atoms with E-state index in [0.717, 1.165) is 16.9 Å². The van der Waals surface area contributed by atoms with Gasteiger partial charge in [0.1, 0.15) is 0 Å². The number of allylic oxidation sites excluding steroid dienone is 1. The maximum Gasteiger partial charge on any atom is 0.231 e. The highest BCUT2D eigenvalue weighted by atomic mass is 35.5. The van der Waals surface area contributed by atoms with E-state index < -0.39 is 0 Å². The number of hydrogen-bond donors (Lipinski definition) is 0. The summed E-state index contributed by atoms with van der Waals surface area (Å²) in [4.78, 5) is 0. The van der Waals surface area contributed by atoms with Crippen molar-refractivity contribution < 1.29 is 9.47 Å². The Labute approximate surface area is 121 Å². The van der Waals surface area contributed by atoms with Gasteiger partial charge < -0.3 is 9.47 Å². The van der Waals surface area contributed by atoms with Gasteiger partial charge in [-0.2, -0.15) is 5.26 Å². The van der Waals surface area contributed by atoms with Gasteiger partial charge >= 0.3 is 0 Å². The predicted octanol–water partition coefficient (Wildman–Crippen LogP) is 4.13. The van der Waals surface area contributed by atoms with Crippen molar-refractivity contribution in [2.24, 2.45) is 0 Å². The zero-order valence-electron chi connectivity index (χ0n) is 10.5. The van der Waals surface area contributed by atoms with Crippen LogP contribution >= 0.6 is 11.6 Å². The lowest BCUT2D eigenvalue weighted by Crippen LogP contribution is -1.92. The Kier molecular flexibility index (Phi) is 3.32. The predicted molar refractivity (Wildman–Crippen MR) is 77.5 cm³/mol. The third-order valence-corrected chi connectivity index (χ3v) is 3.20. The van der Waals surface area contributed by atoms with Gasteiger partial charge in [-0.15, -0.1) is 0 Å². The topological polar surface area (TPSA) is 42.2 Å². The van der Waals surface area contributed by atoms with Gasteiger partial charge in [0.15, 0.2) is 11.5 Å². The van der Waals surface area contributed by atoms with Crippen LogP contribution in [0.4, 0.5) is 0 Å². The average Bonchev–Trinajstić information content (AvgIpc) is 2.92. The molecule has 3 nitrogen and oxygen atoms in total. The number of benzene rings is 2. The molecular formula is C16H10ClNO2. The van der Waals surface area contributed by atoms with E-state index in [4.69, 9.17) is 21.1 Å². The molecule has 0 unspecified atom stereocenters. The van der Waals surface area contributed by atoms with Gasteiger partial charge in [-0.3, -0.25) is 0 Å². The first-order valence-electron chi connectivity index (χ1n) is 6.03. The molecule has 2 aromatic rings. The number of fused-ring (bicyclic) bond motifs is 1. The van der Waals surface area contributed by atoms with Gasteiger partial charge in [-0.1, -0.05) is 29.8 Å². The molecule has 0 radical (unpaired) electrons. The van der Waals surface area contributed by atoms with E-state index in [-0.39, 0.29) is 6.79 Å².